The van der Waals surface area contributed by atoms with Crippen LogP contribution in [0.2, 0.25) is 0 Å². The average molecular weight is 232 g/mol. The van der Waals surface area contributed by atoms with Crippen LogP contribution in [0, 0.1) is 0 Å². The van der Waals surface area contributed by atoms with E-state index in [4.69, 9.17) is 4.55 Å². The van der Waals surface area contributed by atoms with Gasteiger partial charge in [0, 0.05) is 4.90 Å². The van der Waals surface area contributed by atoms with Crippen molar-refractivity contribution >= 4 is 22.7 Å². The highest BCUT2D eigenvalue weighted by Crippen LogP contribution is 2.24. The molecule has 14 heavy (non-hydrogen) atoms. The second kappa shape index (κ2) is 3.92. The Bertz CT molecular complexity index is 435. The lowest BCUT2D eigenvalue weighted by atomic mass is 10.0. The monoisotopic (exact) mass is 232 g/mol. The van der Waals surface area contributed by atoms with Crippen molar-refractivity contribution in [2.75, 3.05) is 0 Å². The molecule has 0 aromatic heterocycles. The van der Waals surface area contributed by atoms with E-state index < -0.39 is 10.1 Å². The predicted molar refractivity (Wildman–Crippen MR) is 57.6 cm³/mol. The third-order valence-corrected chi connectivity index (χ3v) is 3.36. The zero-order valence-corrected chi connectivity index (χ0v) is 9.64. The molecule has 0 spiro atoms. The Hall–Kier alpha value is -0.520. The van der Waals surface area contributed by atoms with Crippen molar-refractivity contribution in [2.24, 2.45) is 0 Å². The van der Waals surface area contributed by atoms with E-state index >= 15 is 0 Å². The van der Waals surface area contributed by atoms with Crippen molar-refractivity contribution in [1.82, 2.24) is 0 Å². The Kier molecular flexibility index (Phi) is 3.24. The van der Waals surface area contributed by atoms with Gasteiger partial charge >= 0.3 is 0 Å². The molecule has 1 rings (SSSR count). The second-order valence-electron chi connectivity index (χ2n) is 3.36. The van der Waals surface area contributed by atoms with Gasteiger partial charge in [0.2, 0.25) is 0 Å². The van der Waals surface area contributed by atoms with E-state index in [2.05, 4.69) is 12.6 Å². The summed E-state index contributed by atoms with van der Waals surface area (Å²) in [6.45, 7) is 3.89. The van der Waals surface area contributed by atoms with Gasteiger partial charge in [0.1, 0.15) is 4.90 Å². The van der Waals surface area contributed by atoms with Gasteiger partial charge in [-0.05, 0) is 23.6 Å². The summed E-state index contributed by atoms with van der Waals surface area (Å²) < 4.78 is 30.8. The predicted octanol–water partition coefficient (Wildman–Crippen LogP) is 2.35. The van der Waals surface area contributed by atoms with Crippen LogP contribution < -0.4 is 0 Å². The number of hydrogen-bond donors (Lipinski definition) is 2. The van der Waals surface area contributed by atoms with Crippen LogP contribution in [0.25, 0.3) is 0 Å². The summed E-state index contributed by atoms with van der Waals surface area (Å²) in [5.41, 5.74) is 0.857. The fraction of sp³-hybridized carbons (Fsp3) is 0.333. The zero-order valence-electron chi connectivity index (χ0n) is 7.93. The molecule has 1 aromatic rings. The van der Waals surface area contributed by atoms with E-state index in [1.807, 2.05) is 13.8 Å². The Morgan fingerprint density at radius 2 is 1.93 bits per heavy atom. The van der Waals surface area contributed by atoms with Crippen molar-refractivity contribution in [2.45, 2.75) is 29.6 Å². The maximum atomic E-state index is 10.9. The fourth-order valence-corrected chi connectivity index (χ4v) is 2.20. The van der Waals surface area contributed by atoms with Crippen LogP contribution in [0.3, 0.4) is 0 Å². The first-order valence-electron chi connectivity index (χ1n) is 4.13. The van der Waals surface area contributed by atoms with Gasteiger partial charge in [-0.15, -0.1) is 12.6 Å². The molecule has 0 aliphatic carbocycles. The Balaban J connectivity index is 3.37. The molecular formula is C9H12O3S2. The molecule has 0 unspecified atom stereocenters. The molecule has 1 aromatic carbocycles. The summed E-state index contributed by atoms with van der Waals surface area (Å²) in [6, 6.07) is 4.81. The van der Waals surface area contributed by atoms with Crippen LogP contribution in [-0.4, -0.2) is 13.0 Å². The van der Waals surface area contributed by atoms with Gasteiger partial charge in [-0.2, -0.15) is 8.42 Å². The number of rotatable bonds is 2. The van der Waals surface area contributed by atoms with Gasteiger partial charge in [-0.3, -0.25) is 4.55 Å². The van der Waals surface area contributed by atoms with Crippen LogP contribution in [0.4, 0.5) is 0 Å². The zero-order chi connectivity index (χ0) is 10.9. The largest absolute Gasteiger partial charge is 0.295 e. The number of thiol groups is 1. The number of hydrogen-bond acceptors (Lipinski definition) is 3. The van der Waals surface area contributed by atoms with Crippen molar-refractivity contribution in [1.29, 1.82) is 0 Å². The lowest BCUT2D eigenvalue weighted by Crippen LogP contribution is -2.01. The van der Waals surface area contributed by atoms with E-state index in [0.717, 1.165) is 5.56 Å². The Labute approximate surface area is 89.3 Å². The summed E-state index contributed by atoms with van der Waals surface area (Å²) in [4.78, 5) is 0.129. The van der Waals surface area contributed by atoms with E-state index in [1.165, 1.54) is 6.07 Å². The van der Waals surface area contributed by atoms with Gasteiger partial charge in [0.15, 0.2) is 0 Å². The molecule has 0 bridgehead atoms. The van der Waals surface area contributed by atoms with Crippen LogP contribution in [0.5, 0.6) is 0 Å². The minimum absolute atomic E-state index is 0.132. The first-order valence-corrected chi connectivity index (χ1v) is 6.01. The molecule has 0 heterocycles. The third-order valence-electron chi connectivity index (χ3n) is 1.93. The highest BCUT2D eigenvalue weighted by molar-refractivity contribution is 7.87. The summed E-state index contributed by atoms with van der Waals surface area (Å²) >= 11 is 3.97. The molecule has 5 heteroatoms. The molecule has 1 N–H and O–H groups in total. The molecule has 0 saturated heterocycles. The highest BCUT2D eigenvalue weighted by atomic mass is 32.2. The van der Waals surface area contributed by atoms with Crippen LogP contribution in [0.15, 0.2) is 28.0 Å². The first-order chi connectivity index (χ1) is 6.32. The molecule has 0 saturated carbocycles. The van der Waals surface area contributed by atoms with Crippen LogP contribution in [0.1, 0.15) is 25.3 Å². The SMILES string of the molecule is CC(C)c1ccc(S)c(S(=O)(=O)O)c1. The molecule has 78 valence electrons. The van der Waals surface area contributed by atoms with Gasteiger partial charge in [-0.1, -0.05) is 19.9 Å². The lowest BCUT2D eigenvalue weighted by molar-refractivity contribution is 0.481. The Morgan fingerprint density at radius 3 is 2.36 bits per heavy atom. The van der Waals surface area contributed by atoms with Crippen molar-refractivity contribution in [3.05, 3.63) is 23.8 Å². The molecule has 0 radical (unpaired) electrons. The summed E-state index contributed by atoms with van der Waals surface area (Å²) in [6.07, 6.45) is 0. The average Bonchev–Trinajstić information content (AvgIpc) is 2.02. The van der Waals surface area contributed by atoms with Gasteiger partial charge in [-0.25, -0.2) is 0 Å². The van der Waals surface area contributed by atoms with E-state index in [0.29, 0.717) is 0 Å². The van der Waals surface area contributed by atoms with Crippen molar-refractivity contribution in [3.8, 4) is 0 Å². The number of benzene rings is 1. The lowest BCUT2D eigenvalue weighted by Gasteiger charge is -2.08. The maximum absolute atomic E-state index is 10.9. The molecule has 0 amide bonds. The molecule has 0 aliphatic heterocycles. The summed E-state index contributed by atoms with van der Waals surface area (Å²) in [5, 5.41) is 0. The van der Waals surface area contributed by atoms with Crippen molar-refractivity contribution in [3.63, 3.8) is 0 Å². The summed E-state index contributed by atoms with van der Waals surface area (Å²) in [7, 11) is -4.17. The van der Waals surface area contributed by atoms with Gasteiger partial charge in [0.25, 0.3) is 10.1 Å². The van der Waals surface area contributed by atoms with Gasteiger partial charge in [0.05, 0.1) is 0 Å². The molecule has 0 fully saturated rings. The molecule has 3 nitrogen and oxygen atoms in total. The van der Waals surface area contributed by atoms with Crippen LogP contribution in [-0.2, 0) is 10.1 Å². The topological polar surface area (TPSA) is 54.4 Å². The first kappa shape index (κ1) is 11.6. The van der Waals surface area contributed by atoms with Crippen molar-refractivity contribution < 1.29 is 13.0 Å². The summed E-state index contributed by atoms with van der Waals surface area (Å²) in [5.74, 6) is 0.212. The quantitative estimate of drug-likeness (QED) is 0.608. The standard InChI is InChI=1S/C9H12O3S2/c1-6(2)7-3-4-8(13)9(5-7)14(10,11)12/h3-6,13H,1-2H3,(H,10,11,12). The maximum Gasteiger partial charge on any atom is 0.295 e. The third kappa shape index (κ3) is 2.50. The van der Waals surface area contributed by atoms with E-state index in [1.54, 1.807) is 12.1 Å². The van der Waals surface area contributed by atoms with E-state index in [9.17, 15) is 8.42 Å². The second-order valence-corrected chi connectivity index (χ2v) is 5.23. The molecule has 0 atom stereocenters. The minimum Gasteiger partial charge on any atom is -0.282 e. The van der Waals surface area contributed by atoms with Gasteiger partial charge < -0.3 is 0 Å². The normalized spacial score (nSPS) is 12.1. The molecule has 0 aliphatic rings. The highest BCUT2D eigenvalue weighted by Gasteiger charge is 2.14. The smallest absolute Gasteiger partial charge is 0.282 e. The minimum atomic E-state index is -4.17. The van der Waals surface area contributed by atoms with E-state index in [-0.39, 0.29) is 15.7 Å². The fourth-order valence-electron chi connectivity index (χ4n) is 1.10. The van der Waals surface area contributed by atoms with Crippen LogP contribution >= 0.6 is 12.6 Å². The molecular weight excluding hydrogens is 220 g/mol. The Morgan fingerprint density at radius 1 is 1.36 bits per heavy atom.